The number of ether oxygens (including phenoxy) is 1. The minimum Gasteiger partial charge on any atom is -0.507 e. The second kappa shape index (κ2) is 7.68. The predicted molar refractivity (Wildman–Crippen MR) is 95.2 cm³/mol. The van der Waals surface area contributed by atoms with Gasteiger partial charge in [0.25, 0.3) is 0 Å². The number of benzene rings is 2. The van der Waals surface area contributed by atoms with E-state index in [0.717, 1.165) is 5.69 Å². The molecule has 0 fully saturated rings. The molecular weight excluding hydrogens is 386 g/mol. The first-order chi connectivity index (χ1) is 12.2. The van der Waals surface area contributed by atoms with Crippen molar-refractivity contribution in [2.24, 2.45) is 0 Å². The number of aromatic nitrogens is 3. The summed E-state index contributed by atoms with van der Waals surface area (Å²) in [6.07, 6.45) is 3.19. The monoisotopic (exact) mass is 399 g/mol. The summed E-state index contributed by atoms with van der Waals surface area (Å²) >= 11 is 3.26. The van der Waals surface area contributed by atoms with Gasteiger partial charge in [0, 0.05) is 0 Å². The zero-order valence-electron chi connectivity index (χ0n) is 13.1. The number of hydrogen-bond donors (Lipinski definition) is 1. The maximum atomic E-state index is 9.52. The van der Waals surface area contributed by atoms with E-state index in [-0.39, 0.29) is 5.75 Å². The molecule has 7 nitrogen and oxygen atoms in total. The zero-order valence-corrected chi connectivity index (χ0v) is 14.7. The number of aromatic hydroxyl groups is 1. The topological polar surface area (TPSA) is 87.2 Å². The number of hydrogen-bond acceptors (Lipinski definition) is 6. The fraction of sp³-hybridized carbons (Fsp3) is 0.118. The molecule has 1 N–H and O–H groups in total. The van der Waals surface area contributed by atoms with Crippen molar-refractivity contribution < 1.29 is 9.84 Å². The van der Waals surface area contributed by atoms with Gasteiger partial charge in [0.1, 0.15) is 30.8 Å². The van der Waals surface area contributed by atoms with Crippen LogP contribution in [0, 0.1) is 11.3 Å². The molecule has 0 atom stereocenters. The molecule has 0 bridgehead atoms. The summed E-state index contributed by atoms with van der Waals surface area (Å²) in [4.78, 5) is 0. The van der Waals surface area contributed by atoms with Gasteiger partial charge in [-0.2, -0.15) is 5.26 Å². The normalized spacial score (nSPS) is 10.2. The van der Waals surface area contributed by atoms with Crippen LogP contribution in [0.15, 0.2) is 59.6 Å². The Kier molecular flexibility index (Phi) is 5.16. The van der Waals surface area contributed by atoms with Gasteiger partial charge in [-0.15, -0.1) is 10.2 Å². The van der Waals surface area contributed by atoms with Crippen LogP contribution in [0.5, 0.6) is 11.5 Å². The average molecular weight is 400 g/mol. The number of halogens is 1. The molecule has 0 aliphatic heterocycles. The maximum Gasteiger partial charge on any atom is 0.139 e. The number of phenols is 1. The van der Waals surface area contributed by atoms with E-state index in [2.05, 4.69) is 32.2 Å². The number of nitrogens with zero attached hydrogens (tertiary/aromatic N) is 5. The first-order valence-corrected chi connectivity index (χ1v) is 8.20. The lowest BCUT2D eigenvalue weighted by Gasteiger charge is -2.25. The van der Waals surface area contributed by atoms with Crippen molar-refractivity contribution in [2.45, 2.75) is 0 Å². The number of nitriles is 1. The van der Waals surface area contributed by atoms with Crippen LogP contribution >= 0.6 is 15.9 Å². The van der Waals surface area contributed by atoms with Crippen LogP contribution in [0.1, 0.15) is 5.56 Å². The molecule has 0 unspecified atom stereocenters. The average Bonchev–Trinajstić information content (AvgIpc) is 3.16. The van der Waals surface area contributed by atoms with E-state index < -0.39 is 0 Å². The summed E-state index contributed by atoms with van der Waals surface area (Å²) in [6.45, 7) is 0.928. The van der Waals surface area contributed by atoms with Crippen LogP contribution in [-0.4, -0.2) is 33.1 Å². The first kappa shape index (κ1) is 16.8. The van der Waals surface area contributed by atoms with E-state index in [1.165, 1.54) is 0 Å². The molecule has 0 saturated carbocycles. The third kappa shape index (κ3) is 4.08. The van der Waals surface area contributed by atoms with E-state index in [1.54, 1.807) is 47.7 Å². The molecule has 3 aromatic rings. The third-order valence-electron chi connectivity index (χ3n) is 3.47. The molecule has 1 heterocycles. The molecule has 1 aromatic heterocycles. The van der Waals surface area contributed by atoms with Gasteiger partial charge in [0.05, 0.1) is 28.3 Å². The van der Waals surface area contributed by atoms with E-state index in [4.69, 9.17) is 10.00 Å². The Morgan fingerprint density at radius 1 is 1.16 bits per heavy atom. The van der Waals surface area contributed by atoms with Crippen molar-refractivity contribution in [3.05, 3.63) is 65.2 Å². The standard InChI is InChI=1S/C17H14BrN5O2/c18-16-9-15(5-6-17(16)24)25-8-7-23(22-11-20-21-12-22)14-3-1-13(10-19)2-4-14/h1-6,9,11-12,24H,7-8H2. The first-order valence-electron chi connectivity index (χ1n) is 7.41. The molecule has 0 aliphatic carbocycles. The minimum atomic E-state index is 0.163. The fourth-order valence-corrected chi connectivity index (χ4v) is 2.59. The molecule has 0 amide bonds. The van der Waals surface area contributed by atoms with Crippen LogP contribution in [0.2, 0.25) is 0 Å². The van der Waals surface area contributed by atoms with Gasteiger partial charge in [-0.25, -0.2) is 4.68 Å². The van der Waals surface area contributed by atoms with E-state index in [0.29, 0.717) is 28.9 Å². The zero-order chi connectivity index (χ0) is 17.6. The SMILES string of the molecule is N#Cc1ccc(N(CCOc2ccc(O)c(Br)c2)n2cnnc2)cc1. The highest BCUT2D eigenvalue weighted by atomic mass is 79.9. The van der Waals surface area contributed by atoms with Crippen molar-refractivity contribution in [2.75, 3.05) is 18.2 Å². The Morgan fingerprint density at radius 2 is 1.88 bits per heavy atom. The van der Waals surface area contributed by atoms with Crippen molar-refractivity contribution >= 4 is 21.6 Å². The molecule has 126 valence electrons. The quantitative estimate of drug-likeness (QED) is 0.685. The van der Waals surface area contributed by atoms with Gasteiger partial charge in [0.2, 0.25) is 0 Å². The van der Waals surface area contributed by atoms with Crippen LogP contribution in [0.25, 0.3) is 0 Å². The molecule has 25 heavy (non-hydrogen) atoms. The summed E-state index contributed by atoms with van der Waals surface area (Å²) < 4.78 is 8.07. The highest BCUT2D eigenvalue weighted by molar-refractivity contribution is 9.10. The second-order valence-electron chi connectivity index (χ2n) is 5.09. The third-order valence-corrected chi connectivity index (χ3v) is 4.11. The highest BCUT2D eigenvalue weighted by Gasteiger charge is 2.10. The smallest absolute Gasteiger partial charge is 0.139 e. The van der Waals surface area contributed by atoms with Crippen LogP contribution in [0.3, 0.4) is 0 Å². The Morgan fingerprint density at radius 3 is 2.52 bits per heavy atom. The van der Waals surface area contributed by atoms with Gasteiger partial charge in [-0.1, -0.05) is 0 Å². The van der Waals surface area contributed by atoms with Crippen LogP contribution < -0.4 is 9.75 Å². The summed E-state index contributed by atoms with van der Waals surface area (Å²) in [6, 6.07) is 14.3. The molecule has 0 spiro atoms. The molecule has 8 heteroatoms. The van der Waals surface area contributed by atoms with Crippen molar-refractivity contribution in [1.82, 2.24) is 14.9 Å². The summed E-state index contributed by atoms with van der Waals surface area (Å²) in [5.41, 5.74) is 1.48. The Bertz CT molecular complexity index is 875. The van der Waals surface area contributed by atoms with Crippen molar-refractivity contribution in [3.63, 3.8) is 0 Å². The van der Waals surface area contributed by atoms with Crippen LogP contribution in [0.4, 0.5) is 5.69 Å². The second-order valence-corrected chi connectivity index (χ2v) is 5.94. The Hall–Kier alpha value is -3.05. The molecular formula is C17H14BrN5O2. The van der Waals surface area contributed by atoms with Crippen molar-refractivity contribution in [3.8, 4) is 17.6 Å². The number of phenolic OH excluding ortho intramolecular Hbond substituents is 1. The lowest BCUT2D eigenvalue weighted by Crippen LogP contribution is -2.32. The molecule has 2 aromatic carbocycles. The molecule has 0 saturated heterocycles. The minimum absolute atomic E-state index is 0.163. The van der Waals surface area contributed by atoms with Gasteiger partial charge in [-0.3, -0.25) is 5.01 Å². The Balaban J connectivity index is 1.72. The van der Waals surface area contributed by atoms with E-state index in [9.17, 15) is 5.11 Å². The fourth-order valence-electron chi connectivity index (χ4n) is 2.23. The molecule has 3 rings (SSSR count). The van der Waals surface area contributed by atoms with Gasteiger partial charge >= 0.3 is 0 Å². The molecule has 0 radical (unpaired) electrons. The highest BCUT2D eigenvalue weighted by Crippen LogP contribution is 2.27. The van der Waals surface area contributed by atoms with Crippen molar-refractivity contribution in [1.29, 1.82) is 5.26 Å². The lowest BCUT2D eigenvalue weighted by molar-refractivity contribution is 0.318. The number of anilines is 1. The van der Waals surface area contributed by atoms with Crippen LogP contribution in [-0.2, 0) is 0 Å². The van der Waals surface area contributed by atoms with E-state index in [1.807, 2.05) is 17.1 Å². The largest absolute Gasteiger partial charge is 0.507 e. The maximum absolute atomic E-state index is 9.52. The lowest BCUT2D eigenvalue weighted by atomic mass is 10.2. The van der Waals surface area contributed by atoms with Gasteiger partial charge in [0.15, 0.2) is 0 Å². The Labute approximate surface area is 152 Å². The summed E-state index contributed by atoms with van der Waals surface area (Å²) in [5.74, 6) is 0.809. The number of rotatable bonds is 6. The van der Waals surface area contributed by atoms with Gasteiger partial charge in [-0.05, 0) is 58.4 Å². The van der Waals surface area contributed by atoms with E-state index >= 15 is 0 Å². The molecule has 0 aliphatic rings. The van der Waals surface area contributed by atoms with Gasteiger partial charge < -0.3 is 9.84 Å². The predicted octanol–water partition coefficient (Wildman–Crippen LogP) is 2.97. The summed E-state index contributed by atoms with van der Waals surface area (Å²) in [5, 5.41) is 28.0. The summed E-state index contributed by atoms with van der Waals surface area (Å²) in [7, 11) is 0.